The standard InChI is InChI=1S/C13H16N2/c1-10-5-3-7-13(11(10)2)15-9-12-6-4-8-14-12/h3-8,14-15H,9H2,1-2H3. The van der Waals surface area contributed by atoms with Crippen molar-refractivity contribution in [3.05, 3.63) is 53.3 Å². The maximum absolute atomic E-state index is 3.42. The van der Waals surface area contributed by atoms with Crippen molar-refractivity contribution in [3.63, 3.8) is 0 Å². The van der Waals surface area contributed by atoms with Crippen LogP contribution in [-0.2, 0) is 6.54 Å². The van der Waals surface area contributed by atoms with Crippen molar-refractivity contribution >= 4 is 5.69 Å². The molecule has 1 aromatic heterocycles. The molecule has 1 aromatic carbocycles. The van der Waals surface area contributed by atoms with E-state index in [1.165, 1.54) is 22.5 Å². The van der Waals surface area contributed by atoms with Crippen LogP contribution in [0.3, 0.4) is 0 Å². The molecular weight excluding hydrogens is 184 g/mol. The van der Waals surface area contributed by atoms with E-state index in [-0.39, 0.29) is 0 Å². The van der Waals surface area contributed by atoms with Gasteiger partial charge in [0, 0.05) is 17.6 Å². The Labute approximate surface area is 90.3 Å². The average molecular weight is 200 g/mol. The zero-order valence-electron chi connectivity index (χ0n) is 9.17. The van der Waals surface area contributed by atoms with Crippen molar-refractivity contribution in [1.29, 1.82) is 0 Å². The van der Waals surface area contributed by atoms with E-state index < -0.39 is 0 Å². The summed E-state index contributed by atoms with van der Waals surface area (Å²) in [5, 5.41) is 3.42. The zero-order chi connectivity index (χ0) is 10.7. The van der Waals surface area contributed by atoms with Crippen LogP contribution < -0.4 is 5.32 Å². The summed E-state index contributed by atoms with van der Waals surface area (Å²) in [5.41, 5.74) is 5.07. The molecule has 0 spiro atoms. The van der Waals surface area contributed by atoms with Gasteiger partial charge in [-0.1, -0.05) is 12.1 Å². The number of aromatic amines is 1. The Balaban J connectivity index is 2.08. The van der Waals surface area contributed by atoms with Gasteiger partial charge in [0.25, 0.3) is 0 Å². The maximum atomic E-state index is 3.42. The molecule has 0 saturated heterocycles. The van der Waals surface area contributed by atoms with Gasteiger partial charge in [0.2, 0.25) is 0 Å². The molecule has 0 aliphatic carbocycles. The van der Waals surface area contributed by atoms with Crippen LogP contribution in [-0.4, -0.2) is 4.98 Å². The molecular formula is C13H16N2. The Bertz CT molecular complexity index is 430. The van der Waals surface area contributed by atoms with Crippen molar-refractivity contribution in [2.75, 3.05) is 5.32 Å². The second-order valence-corrected chi connectivity index (χ2v) is 3.80. The molecule has 0 amide bonds. The minimum Gasteiger partial charge on any atom is -0.379 e. The van der Waals surface area contributed by atoms with Crippen molar-refractivity contribution < 1.29 is 0 Å². The number of nitrogens with one attached hydrogen (secondary N) is 2. The highest BCUT2D eigenvalue weighted by Gasteiger charge is 1.99. The molecule has 0 unspecified atom stereocenters. The van der Waals surface area contributed by atoms with E-state index >= 15 is 0 Å². The van der Waals surface area contributed by atoms with Gasteiger partial charge < -0.3 is 10.3 Å². The Morgan fingerprint density at radius 3 is 2.73 bits per heavy atom. The number of benzene rings is 1. The van der Waals surface area contributed by atoms with Crippen molar-refractivity contribution in [2.24, 2.45) is 0 Å². The fraction of sp³-hybridized carbons (Fsp3) is 0.231. The van der Waals surface area contributed by atoms with E-state index in [1.54, 1.807) is 0 Å². The third kappa shape index (κ3) is 2.21. The van der Waals surface area contributed by atoms with Crippen LogP contribution in [0.5, 0.6) is 0 Å². The molecule has 2 nitrogen and oxygen atoms in total. The van der Waals surface area contributed by atoms with Gasteiger partial charge in [-0.15, -0.1) is 0 Å². The highest BCUT2D eigenvalue weighted by atomic mass is 14.9. The molecule has 1 heterocycles. The summed E-state index contributed by atoms with van der Waals surface area (Å²) < 4.78 is 0. The lowest BCUT2D eigenvalue weighted by Gasteiger charge is -2.10. The van der Waals surface area contributed by atoms with Crippen LogP contribution in [0.2, 0.25) is 0 Å². The SMILES string of the molecule is Cc1cccc(NCc2ccc[nH]2)c1C. The number of rotatable bonds is 3. The van der Waals surface area contributed by atoms with Crippen molar-refractivity contribution in [2.45, 2.75) is 20.4 Å². The van der Waals surface area contributed by atoms with Gasteiger partial charge in [-0.25, -0.2) is 0 Å². The van der Waals surface area contributed by atoms with Gasteiger partial charge in [-0.05, 0) is 43.2 Å². The van der Waals surface area contributed by atoms with Crippen LogP contribution in [0.15, 0.2) is 36.5 Å². The van der Waals surface area contributed by atoms with E-state index in [1.807, 2.05) is 12.3 Å². The molecule has 15 heavy (non-hydrogen) atoms. The summed E-state index contributed by atoms with van der Waals surface area (Å²) >= 11 is 0. The summed E-state index contributed by atoms with van der Waals surface area (Å²) in [6.45, 7) is 5.12. The topological polar surface area (TPSA) is 27.8 Å². The molecule has 78 valence electrons. The third-order valence-electron chi connectivity index (χ3n) is 2.74. The third-order valence-corrected chi connectivity index (χ3v) is 2.74. The van der Waals surface area contributed by atoms with Gasteiger partial charge >= 0.3 is 0 Å². The van der Waals surface area contributed by atoms with Gasteiger partial charge in [0.05, 0.1) is 6.54 Å². The first-order valence-electron chi connectivity index (χ1n) is 5.20. The normalized spacial score (nSPS) is 10.3. The van der Waals surface area contributed by atoms with Crippen LogP contribution in [0.4, 0.5) is 5.69 Å². The molecule has 2 heteroatoms. The number of aryl methyl sites for hydroxylation is 1. The van der Waals surface area contributed by atoms with Crippen LogP contribution in [0.1, 0.15) is 16.8 Å². The molecule has 0 radical (unpaired) electrons. The minimum atomic E-state index is 0.845. The summed E-state index contributed by atoms with van der Waals surface area (Å²) in [5.74, 6) is 0. The smallest absolute Gasteiger partial charge is 0.0551 e. The number of H-pyrrole nitrogens is 1. The molecule has 2 rings (SSSR count). The van der Waals surface area contributed by atoms with Gasteiger partial charge in [0.15, 0.2) is 0 Å². The molecule has 2 aromatic rings. The first kappa shape index (κ1) is 9.84. The Morgan fingerprint density at radius 2 is 2.00 bits per heavy atom. The second-order valence-electron chi connectivity index (χ2n) is 3.80. The van der Waals surface area contributed by atoms with E-state index in [0.29, 0.717) is 0 Å². The second kappa shape index (κ2) is 4.22. The van der Waals surface area contributed by atoms with E-state index in [4.69, 9.17) is 0 Å². The van der Waals surface area contributed by atoms with E-state index in [9.17, 15) is 0 Å². The predicted octanol–water partition coefficient (Wildman–Crippen LogP) is 3.24. The fourth-order valence-electron chi connectivity index (χ4n) is 1.61. The van der Waals surface area contributed by atoms with E-state index in [0.717, 1.165) is 6.54 Å². The Morgan fingerprint density at radius 1 is 1.13 bits per heavy atom. The molecule has 0 atom stereocenters. The highest BCUT2D eigenvalue weighted by molar-refractivity contribution is 5.53. The lowest BCUT2D eigenvalue weighted by Crippen LogP contribution is -2.01. The Kier molecular flexibility index (Phi) is 2.77. The van der Waals surface area contributed by atoms with Gasteiger partial charge in [-0.3, -0.25) is 0 Å². The summed E-state index contributed by atoms with van der Waals surface area (Å²) in [6, 6.07) is 10.4. The van der Waals surface area contributed by atoms with Gasteiger partial charge in [0.1, 0.15) is 0 Å². The molecule has 2 N–H and O–H groups in total. The quantitative estimate of drug-likeness (QED) is 0.782. The van der Waals surface area contributed by atoms with Crippen LogP contribution in [0.25, 0.3) is 0 Å². The zero-order valence-corrected chi connectivity index (χ0v) is 9.17. The summed E-state index contributed by atoms with van der Waals surface area (Å²) in [7, 11) is 0. The first-order valence-corrected chi connectivity index (χ1v) is 5.20. The lowest BCUT2D eigenvalue weighted by molar-refractivity contribution is 1.07. The molecule has 0 bridgehead atoms. The molecule has 0 saturated carbocycles. The van der Waals surface area contributed by atoms with E-state index in [2.05, 4.69) is 48.4 Å². The number of aromatic nitrogens is 1. The molecule has 0 fully saturated rings. The Hall–Kier alpha value is -1.70. The minimum absolute atomic E-state index is 0.845. The van der Waals surface area contributed by atoms with Gasteiger partial charge in [-0.2, -0.15) is 0 Å². The predicted molar refractivity (Wildman–Crippen MR) is 64.0 cm³/mol. The number of anilines is 1. The van der Waals surface area contributed by atoms with Crippen molar-refractivity contribution in [3.8, 4) is 0 Å². The maximum Gasteiger partial charge on any atom is 0.0551 e. The lowest BCUT2D eigenvalue weighted by atomic mass is 10.1. The first-order chi connectivity index (χ1) is 7.27. The monoisotopic (exact) mass is 200 g/mol. The fourth-order valence-corrected chi connectivity index (χ4v) is 1.61. The van der Waals surface area contributed by atoms with Crippen LogP contribution >= 0.6 is 0 Å². The van der Waals surface area contributed by atoms with Crippen molar-refractivity contribution in [1.82, 2.24) is 4.98 Å². The van der Waals surface area contributed by atoms with Crippen LogP contribution in [0, 0.1) is 13.8 Å². The summed E-state index contributed by atoms with van der Waals surface area (Å²) in [6.07, 6.45) is 1.94. The number of hydrogen-bond donors (Lipinski definition) is 2. The molecule has 0 aliphatic heterocycles. The summed E-state index contributed by atoms with van der Waals surface area (Å²) in [4.78, 5) is 3.18. The number of hydrogen-bond acceptors (Lipinski definition) is 1. The molecule has 0 aliphatic rings. The highest BCUT2D eigenvalue weighted by Crippen LogP contribution is 2.18. The average Bonchev–Trinajstić information content (AvgIpc) is 2.73. The largest absolute Gasteiger partial charge is 0.379 e.